The highest BCUT2D eigenvalue weighted by molar-refractivity contribution is 5.84. The van der Waals surface area contributed by atoms with Crippen LogP contribution in [0.25, 0.3) is 0 Å². The summed E-state index contributed by atoms with van der Waals surface area (Å²) in [7, 11) is 0. The van der Waals surface area contributed by atoms with Crippen molar-refractivity contribution in [3.8, 4) is 5.75 Å². The van der Waals surface area contributed by atoms with E-state index in [9.17, 15) is 9.59 Å². The van der Waals surface area contributed by atoms with Crippen molar-refractivity contribution >= 4 is 11.8 Å². The topological polar surface area (TPSA) is 98.7 Å². The molecule has 1 aromatic rings. The molecule has 1 saturated heterocycles. The average Bonchev–Trinajstić information content (AvgIpc) is 2.89. The molecule has 0 bridgehead atoms. The van der Waals surface area contributed by atoms with Gasteiger partial charge in [-0.05, 0) is 19.4 Å². The van der Waals surface area contributed by atoms with E-state index in [1.165, 1.54) is 0 Å². The molecule has 1 aliphatic rings. The number of likely N-dealkylation sites (tertiary alicyclic amines) is 1. The molecule has 0 saturated carbocycles. The molecule has 6 heteroatoms. The summed E-state index contributed by atoms with van der Waals surface area (Å²) in [6, 6.07) is 7.35. The minimum absolute atomic E-state index is 0.0636. The second kappa shape index (κ2) is 6.13. The number of para-hydroxylation sites is 1. The van der Waals surface area contributed by atoms with Crippen molar-refractivity contribution in [1.29, 1.82) is 0 Å². The Kier molecular flexibility index (Phi) is 4.47. The zero-order chi connectivity index (χ0) is 15.5. The summed E-state index contributed by atoms with van der Waals surface area (Å²) in [6.45, 7) is 2.95. The van der Waals surface area contributed by atoms with Gasteiger partial charge in [0, 0.05) is 25.2 Å². The molecular weight excluding hydrogens is 270 g/mol. The molecule has 114 valence electrons. The van der Waals surface area contributed by atoms with Gasteiger partial charge in [0.25, 0.3) is 5.91 Å². The SMILES string of the molecule is CC1(C(N)=O)CCN(C(=O)COc2ccccc2CN)C1. The standard InChI is InChI=1S/C15H21N3O3/c1-15(14(17)20)6-7-18(10-15)13(19)9-21-12-5-3-2-4-11(12)8-16/h2-5H,6-10,16H2,1H3,(H2,17,20). The molecule has 1 aromatic carbocycles. The molecular formula is C15H21N3O3. The van der Waals surface area contributed by atoms with Crippen molar-refractivity contribution < 1.29 is 14.3 Å². The first-order valence-electron chi connectivity index (χ1n) is 6.95. The minimum Gasteiger partial charge on any atom is -0.483 e. The van der Waals surface area contributed by atoms with Gasteiger partial charge in [0.15, 0.2) is 6.61 Å². The van der Waals surface area contributed by atoms with Gasteiger partial charge in [-0.15, -0.1) is 0 Å². The summed E-state index contributed by atoms with van der Waals surface area (Å²) in [4.78, 5) is 25.2. The van der Waals surface area contributed by atoms with Crippen molar-refractivity contribution in [2.24, 2.45) is 16.9 Å². The molecule has 4 N–H and O–H groups in total. The molecule has 1 aliphatic heterocycles. The van der Waals surface area contributed by atoms with Crippen LogP contribution in [0.15, 0.2) is 24.3 Å². The Labute approximate surface area is 124 Å². The number of nitrogens with zero attached hydrogens (tertiary/aromatic N) is 1. The van der Waals surface area contributed by atoms with E-state index >= 15 is 0 Å². The zero-order valence-corrected chi connectivity index (χ0v) is 12.2. The van der Waals surface area contributed by atoms with E-state index in [2.05, 4.69) is 0 Å². The highest BCUT2D eigenvalue weighted by Gasteiger charge is 2.40. The lowest BCUT2D eigenvalue weighted by atomic mass is 9.89. The number of carbonyl (C=O) groups is 2. The fourth-order valence-electron chi connectivity index (χ4n) is 2.42. The van der Waals surface area contributed by atoms with E-state index in [-0.39, 0.29) is 18.4 Å². The fourth-order valence-corrected chi connectivity index (χ4v) is 2.42. The second-order valence-electron chi connectivity index (χ2n) is 5.59. The van der Waals surface area contributed by atoms with Crippen LogP contribution in [0.3, 0.4) is 0 Å². The summed E-state index contributed by atoms with van der Waals surface area (Å²) in [5.74, 6) is 0.101. The van der Waals surface area contributed by atoms with Gasteiger partial charge in [0.2, 0.25) is 5.91 Å². The van der Waals surface area contributed by atoms with Crippen molar-refractivity contribution in [3.63, 3.8) is 0 Å². The number of amides is 2. The second-order valence-corrected chi connectivity index (χ2v) is 5.59. The van der Waals surface area contributed by atoms with Crippen LogP contribution >= 0.6 is 0 Å². The van der Waals surface area contributed by atoms with Crippen molar-refractivity contribution in [2.45, 2.75) is 19.9 Å². The summed E-state index contributed by atoms with van der Waals surface area (Å²) < 4.78 is 5.54. The molecule has 1 heterocycles. The van der Waals surface area contributed by atoms with Gasteiger partial charge < -0.3 is 21.1 Å². The smallest absolute Gasteiger partial charge is 0.260 e. The first-order valence-corrected chi connectivity index (χ1v) is 6.95. The monoisotopic (exact) mass is 291 g/mol. The first-order chi connectivity index (χ1) is 9.96. The van der Waals surface area contributed by atoms with E-state index in [1.54, 1.807) is 17.9 Å². The molecule has 2 rings (SSSR count). The molecule has 1 unspecified atom stereocenters. The van der Waals surface area contributed by atoms with E-state index in [1.807, 2.05) is 18.2 Å². The van der Waals surface area contributed by atoms with E-state index < -0.39 is 5.41 Å². The van der Waals surface area contributed by atoms with Crippen LogP contribution < -0.4 is 16.2 Å². The van der Waals surface area contributed by atoms with Gasteiger partial charge in [-0.25, -0.2) is 0 Å². The third-order valence-corrected chi connectivity index (χ3v) is 3.96. The summed E-state index contributed by atoms with van der Waals surface area (Å²) >= 11 is 0. The molecule has 0 radical (unpaired) electrons. The van der Waals surface area contributed by atoms with Crippen molar-refractivity contribution in [2.75, 3.05) is 19.7 Å². The number of nitrogens with two attached hydrogens (primary N) is 2. The average molecular weight is 291 g/mol. The number of carbonyl (C=O) groups excluding carboxylic acids is 2. The maximum Gasteiger partial charge on any atom is 0.260 e. The quantitative estimate of drug-likeness (QED) is 0.812. The highest BCUT2D eigenvalue weighted by Crippen LogP contribution is 2.29. The van der Waals surface area contributed by atoms with Crippen LogP contribution in [0.5, 0.6) is 5.75 Å². The minimum atomic E-state index is -0.634. The largest absolute Gasteiger partial charge is 0.483 e. The summed E-state index contributed by atoms with van der Waals surface area (Å²) in [5.41, 5.74) is 11.2. The van der Waals surface area contributed by atoms with E-state index in [4.69, 9.17) is 16.2 Å². The Morgan fingerprint density at radius 2 is 2.10 bits per heavy atom. The lowest BCUT2D eigenvalue weighted by molar-refractivity contribution is -0.133. The number of benzene rings is 1. The third-order valence-electron chi connectivity index (χ3n) is 3.96. The molecule has 0 aromatic heterocycles. The number of hydrogen-bond donors (Lipinski definition) is 2. The van der Waals surface area contributed by atoms with E-state index in [0.29, 0.717) is 31.8 Å². The van der Waals surface area contributed by atoms with E-state index in [0.717, 1.165) is 5.56 Å². The lowest BCUT2D eigenvalue weighted by Gasteiger charge is -2.21. The molecule has 2 amide bonds. The molecule has 1 atom stereocenters. The number of ether oxygens (including phenoxy) is 1. The van der Waals surface area contributed by atoms with Gasteiger partial charge in [0.1, 0.15) is 5.75 Å². The van der Waals surface area contributed by atoms with Crippen LogP contribution in [0, 0.1) is 5.41 Å². The Hall–Kier alpha value is -2.08. The van der Waals surface area contributed by atoms with Crippen molar-refractivity contribution in [3.05, 3.63) is 29.8 Å². The van der Waals surface area contributed by atoms with Crippen LogP contribution in [0.1, 0.15) is 18.9 Å². The Morgan fingerprint density at radius 1 is 1.38 bits per heavy atom. The van der Waals surface area contributed by atoms with Gasteiger partial charge in [-0.3, -0.25) is 9.59 Å². The fraction of sp³-hybridized carbons (Fsp3) is 0.467. The van der Waals surface area contributed by atoms with Gasteiger partial charge >= 0.3 is 0 Å². The molecule has 1 fully saturated rings. The Morgan fingerprint density at radius 3 is 2.71 bits per heavy atom. The maximum atomic E-state index is 12.1. The predicted molar refractivity (Wildman–Crippen MR) is 78.3 cm³/mol. The Balaban J connectivity index is 1.93. The van der Waals surface area contributed by atoms with Gasteiger partial charge in [0.05, 0.1) is 5.41 Å². The number of rotatable bonds is 5. The predicted octanol–water partition coefficient (Wildman–Crippen LogP) is 0.248. The molecule has 6 nitrogen and oxygen atoms in total. The van der Waals surface area contributed by atoms with Crippen LogP contribution in [-0.2, 0) is 16.1 Å². The number of hydrogen-bond acceptors (Lipinski definition) is 4. The summed E-state index contributed by atoms with van der Waals surface area (Å²) in [6.07, 6.45) is 0.591. The maximum absolute atomic E-state index is 12.1. The first kappa shape index (κ1) is 15.3. The zero-order valence-electron chi connectivity index (χ0n) is 12.2. The third kappa shape index (κ3) is 3.33. The van der Waals surface area contributed by atoms with Crippen molar-refractivity contribution in [1.82, 2.24) is 4.90 Å². The highest BCUT2D eigenvalue weighted by atomic mass is 16.5. The Bertz CT molecular complexity index is 547. The summed E-state index contributed by atoms with van der Waals surface area (Å²) in [5, 5.41) is 0. The lowest BCUT2D eigenvalue weighted by Crippen LogP contribution is -2.40. The van der Waals surface area contributed by atoms with Gasteiger partial charge in [-0.1, -0.05) is 18.2 Å². The van der Waals surface area contributed by atoms with Crippen LogP contribution in [0.2, 0.25) is 0 Å². The molecule has 21 heavy (non-hydrogen) atoms. The normalized spacial score (nSPS) is 21.3. The molecule has 0 spiro atoms. The van der Waals surface area contributed by atoms with Crippen LogP contribution in [0.4, 0.5) is 0 Å². The van der Waals surface area contributed by atoms with Gasteiger partial charge in [-0.2, -0.15) is 0 Å². The number of primary amides is 1. The van der Waals surface area contributed by atoms with Crippen LogP contribution in [-0.4, -0.2) is 36.4 Å². The molecule has 0 aliphatic carbocycles.